The van der Waals surface area contributed by atoms with E-state index >= 15 is 0 Å². The SMILES string of the molecule is CC/C=C/CCCCCCCCCCCCC[C@@]1(O)CC(=O)C=C[C@@H]1O. The third-order valence-electron chi connectivity index (χ3n) is 5.38. The highest BCUT2D eigenvalue weighted by molar-refractivity contribution is 5.91. The summed E-state index contributed by atoms with van der Waals surface area (Å²) < 4.78 is 0. The number of aliphatic hydroxyl groups is 2. The zero-order valence-electron chi connectivity index (χ0n) is 16.8. The Hall–Kier alpha value is -0.930. The molecule has 0 fully saturated rings. The average molecular weight is 365 g/mol. The van der Waals surface area contributed by atoms with Crippen LogP contribution in [0.4, 0.5) is 0 Å². The van der Waals surface area contributed by atoms with Crippen molar-refractivity contribution in [2.45, 2.75) is 115 Å². The smallest absolute Gasteiger partial charge is 0.158 e. The predicted octanol–water partition coefficient (Wildman–Crippen LogP) is 5.64. The van der Waals surface area contributed by atoms with Crippen molar-refractivity contribution in [3.8, 4) is 0 Å². The molecule has 26 heavy (non-hydrogen) atoms. The summed E-state index contributed by atoms with van der Waals surface area (Å²) in [6.07, 6.45) is 23.2. The number of carbonyl (C=O) groups is 1. The number of carbonyl (C=O) groups excluding carboxylic acids is 1. The Morgan fingerprint density at radius 2 is 1.50 bits per heavy atom. The fourth-order valence-electron chi connectivity index (χ4n) is 3.65. The maximum absolute atomic E-state index is 11.4. The molecule has 0 unspecified atom stereocenters. The molecule has 1 rings (SSSR count). The van der Waals surface area contributed by atoms with Crippen LogP contribution in [0.15, 0.2) is 24.3 Å². The van der Waals surface area contributed by atoms with Crippen molar-refractivity contribution in [2.24, 2.45) is 0 Å². The Labute approximate surface area is 160 Å². The van der Waals surface area contributed by atoms with Crippen molar-refractivity contribution >= 4 is 5.78 Å². The third kappa shape index (κ3) is 10.3. The lowest BCUT2D eigenvalue weighted by Gasteiger charge is -2.33. The fraction of sp³-hybridized carbons (Fsp3) is 0.783. The van der Waals surface area contributed by atoms with Crippen molar-refractivity contribution in [1.29, 1.82) is 0 Å². The largest absolute Gasteiger partial charge is 0.386 e. The molecule has 2 N–H and O–H groups in total. The van der Waals surface area contributed by atoms with E-state index in [0.29, 0.717) is 6.42 Å². The molecule has 0 heterocycles. The summed E-state index contributed by atoms with van der Waals surface area (Å²) in [6.45, 7) is 2.18. The maximum atomic E-state index is 11.4. The van der Waals surface area contributed by atoms with Crippen LogP contribution < -0.4 is 0 Å². The van der Waals surface area contributed by atoms with Gasteiger partial charge in [-0.15, -0.1) is 0 Å². The lowest BCUT2D eigenvalue weighted by molar-refractivity contribution is -0.127. The van der Waals surface area contributed by atoms with E-state index in [4.69, 9.17) is 0 Å². The van der Waals surface area contributed by atoms with Crippen molar-refractivity contribution in [3.63, 3.8) is 0 Å². The van der Waals surface area contributed by atoms with Gasteiger partial charge in [0.1, 0.15) is 11.7 Å². The number of hydrogen-bond acceptors (Lipinski definition) is 3. The van der Waals surface area contributed by atoms with Gasteiger partial charge in [0.2, 0.25) is 0 Å². The number of unbranched alkanes of at least 4 members (excludes halogenated alkanes) is 11. The lowest BCUT2D eigenvalue weighted by Crippen LogP contribution is -2.45. The Kier molecular flexibility index (Phi) is 12.6. The molecule has 0 radical (unpaired) electrons. The molecule has 2 atom stereocenters. The van der Waals surface area contributed by atoms with E-state index in [1.807, 2.05) is 0 Å². The second-order valence-corrected chi connectivity index (χ2v) is 7.86. The Morgan fingerprint density at radius 1 is 0.962 bits per heavy atom. The minimum atomic E-state index is -1.24. The molecule has 0 spiro atoms. The zero-order chi connectivity index (χ0) is 19.1. The summed E-state index contributed by atoms with van der Waals surface area (Å²) in [5, 5.41) is 20.3. The molecule has 0 aliphatic heterocycles. The van der Waals surface area contributed by atoms with E-state index in [9.17, 15) is 15.0 Å². The fourth-order valence-corrected chi connectivity index (χ4v) is 3.65. The van der Waals surface area contributed by atoms with Crippen LogP contribution in [0.3, 0.4) is 0 Å². The molecule has 0 aromatic carbocycles. The van der Waals surface area contributed by atoms with Gasteiger partial charge < -0.3 is 10.2 Å². The van der Waals surface area contributed by atoms with Gasteiger partial charge in [-0.3, -0.25) is 4.79 Å². The third-order valence-corrected chi connectivity index (χ3v) is 5.38. The van der Waals surface area contributed by atoms with E-state index in [2.05, 4.69) is 19.1 Å². The molecule has 1 aliphatic rings. The second kappa shape index (κ2) is 14.2. The molecule has 0 aromatic heterocycles. The molecule has 3 nitrogen and oxygen atoms in total. The van der Waals surface area contributed by atoms with Crippen LogP contribution in [-0.2, 0) is 4.79 Å². The molecule has 0 bridgehead atoms. The van der Waals surface area contributed by atoms with Gasteiger partial charge in [0, 0.05) is 6.42 Å². The molecular weight excluding hydrogens is 324 g/mol. The number of allylic oxidation sites excluding steroid dienone is 3. The summed E-state index contributed by atoms with van der Waals surface area (Å²) >= 11 is 0. The average Bonchev–Trinajstić information content (AvgIpc) is 2.62. The predicted molar refractivity (Wildman–Crippen MR) is 109 cm³/mol. The zero-order valence-corrected chi connectivity index (χ0v) is 16.8. The van der Waals surface area contributed by atoms with E-state index in [0.717, 1.165) is 19.3 Å². The monoisotopic (exact) mass is 364 g/mol. The molecule has 0 saturated heterocycles. The molecule has 3 heteroatoms. The Balaban J connectivity index is 1.87. The highest BCUT2D eigenvalue weighted by Gasteiger charge is 2.37. The molecule has 0 saturated carbocycles. The van der Waals surface area contributed by atoms with Crippen molar-refractivity contribution in [3.05, 3.63) is 24.3 Å². The van der Waals surface area contributed by atoms with Crippen molar-refractivity contribution in [1.82, 2.24) is 0 Å². The maximum Gasteiger partial charge on any atom is 0.158 e. The lowest BCUT2D eigenvalue weighted by atomic mass is 9.82. The first kappa shape index (κ1) is 23.1. The molecular formula is C23H40O3. The van der Waals surface area contributed by atoms with E-state index < -0.39 is 11.7 Å². The first-order valence-corrected chi connectivity index (χ1v) is 10.8. The van der Waals surface area contributed by atoms with Crippen LogP contribution in [0.1, 0.15) is 103 Å². The van der Waals surface area contributed by atoms with Gasteiger partial charge in [0.05, 0.1) is 0 Å². The van der Waals surface area contributed by atoms with Gasteiger partial charge >= 0.3 is 0 Å². The topological polar surface area (TPSA) is 57.5 Å². The standard InChI is InChI=1S/C23H40O3/c1-2-3-4-5-6-7-8-9-10-11-12-13-14-15-16-19-23(26)20-21(24)17-18-22(23)25/h3-4,17-18,22,25-26H,2,5-16,19-20H2,1H3/b4-3+/t22-,23+/m0/s1. The first-order valence-electron chi connectivity index (χ1n) is 10.8. The van der Waals surface area contributed by atoms with Gasteiger partial charge in [-0.2, -0.15) is 0 Å². The van der Waals surface area contributed by atoms with Gasteiger partial charge in [0.15, 0.2) is 5.78 Å². The second-order valence-electron chi connectivity index (χ2n) is 7.86. The molecule has 0 amide bonds. The first-order chi connectivity index (χ1) is 12.6. The normalized spacial score (nSPS) is 23.2. The van der Waals surface area contributed by atoms with Crippen molar-refractivity contribution < 1.29 is 15.0 Å². The number of rotatable bonds is 15. The Bertz CT molecular complexity index is 427. The van der Waals surface area contributed by atoms with Crippen LogP contribution in [0.25, 0.3) is 0 Å². The number of ketones is 1. The van der Waals surface area contributed by atoms with E-state index in [1.54, 1.807) is 0 Å². The minimum Gasteiger partial charge on any atom is -0.386 e. The van der Waals surface area contributed by atoms with Crippen LogP contribution in [-0.4, -0.2) is 27.7 Å². The number of aliphatic hydroxyl groups excluding tert-OH is 1. The van der Waals surface area contributed by atoms with E-state index in [-0.39, 0.29) is 12.2 Å². The quantitative estimate of drug-likeness (QED) is 0.292. The molecule has 0 aromatic rings. The van der Waals surface area contributed by atoms with Gasteiger partial charge in [-0.05, 0) is 37.8 Å². The minimum absolute atomic E-state index is 0.0551. The molecule has 1 aliphatic carbocycles. The highest BCUT2D eigenvalue weighted by atomic mass is 16.3. The molecule has 150 valence electrons. The van der Waals surface area contributed by atoms with Crippen LogP contribution in [0, 0.1) is 0 Å². The van der Waals surface area contributed by atoms with Gasteiger partial charge in [-0.1, -0.05) is 83.3 Å². The Morgan fingerprint density at radius 3 is 2.08 bits per heavy atom. The van der Waals surface area contributed by atoms with Crippen LogP contribution >= 0.6 is 0 Å². The van der Waals surface area contributed by atoms with E-state index in [1.165, 1.54) is 76.4 Å². The summed E-state index contributed by atoms with van der Waals surface area (Å²) in [5.41, 5.74) is -1.24. The van der Waals surface area contributed by atoms with Crippen molar-refractivity contribution in [2.75, 3.05) is 0 Å². The number of hydrogen-bond donors (Lipinski definition) is 2. The summed E-state index contributed by atoms with van der Waals surface area (Å²) in [5.74, 6) is -0.0878. The summed E-state index contributed by atoms with van der Waals surface area (Å²) in [6, 6.07) is 0. The highest BCUT2D eigenvalue weighted by Crippen LogP contribution is 2.28. The summed E-state index contributed by atoms with van der Waals surface area (Å²) in [7, 11) is 0. The summed E-state index contributed by atoms with van der Waals surface area (Å²) in [4.78, 5) is 11.4. The van der Waals surface area contributed by atoms with Gasteiger partial charge in [0.25, 0.3) is 0 Å². The van der Waals surface area contributed by atoms with Crippen LogP contribution in [0.2, 0.25) is 0 Å². The van der Waals surface area contributed by atoms with Gasteiger partial charge in [-0.25, -0.2) is 0 Å². The van der Waals surface area contributed by atoms with Crippen LogP contribution in [0.5, 0.6) is 0 Å².